The summed E-state index contributed by atoms with van der Waals surface area (Å²) in [5.74, 6) is 0. The summed E-state index contributed by atoms with van der Waals surface area (Å²) >= 11 is 1.60. The van der Waals surface area contributed by atoms with Gasteiger partial charge in [-0.05, 0) is 25.0 Å². The van der Waals surface area contributed by atoms with Gasteiger partial charge in [0.25, 0.3) is 0 Å². The van der Waals surface area contributed by atoms with Crippen LogP contribution in [0.4, 0.5) is 0 Å². The molecule has 2 aromatic rings. The van der Waals surface area contributed by atoms with Crippen molar-refractivity contribution in [3.8, 4) is 0 Å². The number of fused-ring (bicyclic) bond motifs is 1. The standard InChI is InChI=1S/C14H17NO2S/c16-12(14(17)7-3-4-8-14)9-13-15-10-5-1-2-6-11(10)18-13/h1-2,5-6,12,16-17H,3-4,7-9H2. The number of para-hydroxylation sites is 1. The van der Waals surface area contributed by atoms with E-state index in [4.69, 9.17) is 0 Å². The van der Waals surface area contributed by atoms with Crippen molar-refractivity contribution in [3.05, 3.63) is 29.3 Å². The molecule has 96 valence electrons. The predicted molar refractivity (Wildman–Crippen MR) is 72.7 cm³/mol. The quantitative estimate of drug-likeness (QED) is 0.894. The molecular weight excluding hydrogens is 246 g/mol. The molecule has 1 aliphatic carbocycles. The van der Waals surface area contributed by atoms with Crippen LogP contribution in [0.3, 0.4) is 0 Å². The molecule has 1 aromatic carbocycles. The van der Waals surface area contributed by atoms with Crippen LogP contribution in [0.15, 0.2) is 24.3 Å². The minimum Gasteiger partial charge on any atom is -0.390 e. The summed E-state index contributed by atoms with van der Waals surface area (Å²) in [6, 6.07) is 7.97. The molecule has 0 spiro atoms. The zero-order valence-electron chi connectivity index (χ0n) is 10.2. The molecule has 0 bridgehead atoms. The van der Waals surface area contributed by atoms with E-state index in [2.05, 4.69) is 4.98 Å². The van der Waals surface area contributed by atoms with Crippen molar-refractivity contribution >= 4 is 21.6 Å². The first-order valence-electron chi connectivity index (χ1n) is 6.42. The van der Waals surface area contributed by atoms with Crippen LogP contribution in [0.25, 0.3) is 10.2 Å². The van der Waals surface area contributed by atoms with Crippen LogP contribution in [-0.2, 0) is 6.42 Å². The maximum Gasteiger partial charge on any atom is 0.0965 e. The van der Waals surface area contributed by atoms with E-state index in [0.717, 1.165) is 28.1 Å². The summed E-state index contributed by atoms with van der Waals surface area (Å²) in [6.07, 6.45) is 3.19. The Morgan fingerprint density at radius 3 is 2.72 bits per heavy atom. The van der Waals surface area contributed by atoms with Gasteiger partial charge in [-0.15, -0.1) is 11.3 Å². The van der Waals surface area contributed by atoms with Crippen LogP contribution >= 0.6 is 11.3 Å². The normalized spacial score (nSPS) is 20.3. The average Bonchev–Trinajstić information content (AvgIpc) is 2.95. The van der Waals surface area contributed by atoms with Gasteiger partial charge in [-0.2, -0.15) is 0 Å². The summed E-state index contributed by atoms with van der Waals surface area (Å²) in [6.45, 7) is 0. The van der Waals surface area contributed by atoms with Gasteiger partial charge in [0.15, 0.2) is 0 Å². The Bertz CT molecular complexity index is 512. The molecule has 1 aromatic heterocycles. The molecule has 1 atom stereocenters. The Morgan fingerprint density at radius 2 is 2.00 bits per heavy atom. The van der Waals surface area contributed by atoms with Gasteiger partial charge < -0.3 is 10.2 Å². The zero-order chi connectivity index (χ0) is 12.6. The molecule has 3 nitrogen and oxygen atoms in total. The summed E-state index contributed by atoms with van der Waals surface area (Å²) < 4.78 is 1.14. The van der Waals surface area contributed by atoms with E-state index >= 15 is 0 Å². The minimum absolute atomic E-state index is 0.454. The maximum absolute atomic E-state index is 10.3. The topological polar surface area (TPSA) is 53.4 Å². The average molecular weight is 263 g/mol. The van der Waals surface area contributed by atoms with E-state index in [1.165, 1.54) is 0 Å². The van der Waals surface area contributed by atoms with Crippen molar-refractivity contribution in [2.75, 3.05) is 0 Å². The lowest BCUT2D eigenvalue weighted by atomic mass is 9.93. The lowest BCUT2D eigenvalue weighted by Gasteiger charge is -2.27. The molecule has 4 heteroatoms. The van der Waals surface area contributed by atoms with Crippen LogP contribution in [0.1, 0.15) is 30.7 Å². The highest BCUT2D eigenvalue weighted by molar-refractivity contribution is 7.18. The summed E-state index contributed by atoms with van der Waals surface area (Å²) in [5.41, 5.74) is 0.0841. The first-order chi connectivity index (χ1) is 8.67. The molecule has 1 unspecified atom stereocenters. The third kappa shape index (κ3) is 2.16. The smallest absolute Gasteiger partial charge is 0.0965 e. The number of nitrogens with zero attached hydrogens (tertiary/aromatic N) is 1. The van der Waals surface area contributed by atoms with E-state index in [1.54, 1.807) is 11.3 Å². The Morgan fingerprint density at radius 1 is 1.28 bits per heavy atom. The second-order valence-corrected chi connectivity index (χ2v) is 6.22. The number of aliphatic hydroxyl groups is 2. The third-order valence-electron chi connectivity index (χ3n) is 3.80. The molecule has 2 N–H and O–H groups in total. The first kappa shape index (κ1) is 12.1. The van der Waals surface area contributed by atoms with Gasteiger partial charge in [-0.25, -0.2) is 4.98 Å². The van der Waals surface area contributed by atoms with E-state index < -0.39 is 11.7 Å². The van der Waals surface area contributed by atoms with Crippen molar-refractivity contribution in [1.29, 1.82) is 0 Å². The summed E-state index contributed by atoms with van der Waals surface area (Å²) in [7, 11) is 0. The zero-order valence-corrected chi connectivity index (χ0v) is 11.0. The molecule has 1 saturated carbocycles. The van der Waals surface area contributed by atoms with E-state index in [9.17, 15) is 10.2 Å². The van der Waals surface area contributed by atoms with Crippen molar-refractivity contribution in [2.24, 2.45) is 0 Å². The highest BCUT2D eigenvalue weighted by Crippen LogP contribution is 2.34. The van der Waals surface area contributed by atoms with Crippen LogP contribution in [0, 0.1) is 0 Å². The Labute approximate surface area is 110 Å². The van der Waals surface area contributed by atoms with Gasteiger partial charge in [0, 0.05) is 6.42 Å². The lowest BCUT2D eigenvalue weighted by Crippen LogP contribution is -2.40. The first-order valence-corrected chi connectivity index (χ1v) is 7.24. The molecule has 1 fully saturated rings. The van der Waals surface area contributed by atoms with Crippen LogP contribution in [0.2, 0.25) is 0 Å². The molecule has 0 saturated heterocycles. The second kappa shape index (κ2) is 4.61. The number of rotatable bonds is 3. The minimum atomic E-state index is -0.891. The monoisotopic (exact) mass is 263 g/mol. The number of aliphatic hydroxyl groups excluding tert-OH is 1. The highest BCUT2D eigenvalue weighted by Gasteiger charge is 2.38. The van der Waals surface area contributed by atoms with Crippen molar-refractivity contribution in [3.63, 3.8) is 0 Å². The van der Waals surface area contributed by atoms with E-state index in [1.807, 2.05) is 24.3 Å². The number of benzene rings is 1. The Hall–Kier alpha value is -0.970. The molecule has 1 heterocycles. The SMILES string of the molecule is OC(Cc1nc2ccccc2s1)C1(O)CCCC1. The van der Waals surface area contributed by atoms with Crippen molar-refractivity contribution < 1.29 is 10.2 Å². The largest absolute Gasteiger partial charge is 0.390 e. The fraction of sp³-hybridized carbons (Fsp3) is 0.500. The van der Waals surface area contributed by atoms with Crippen molar-refractivity contribution in [2.45, 2.75) is 43.8 Å². The molecule has 1 aliphatic rings. The summed E-state index contributed by atoms with van der Waals surface area (Å²) in [5, 5.41) is 21.4. The molecule has 0 aliphatic heterocycles. The van der Waals surface area contributed by atoms with E-state index in [-0.39, 0.29) is 0 Å². The van der Waals surface area contributed by atoms with E-state index in [0.29, 0.717) is 19.3 Å². The fourth-order valence-electron chi connectivity index (χ4n) is 2.68. The number of aromatic nitrogens is 1. The summed E-state index contributed by atoms with van der Waals surface area (Å²) in [4.78, 5) is 4.50. The molecule has 18 heavy (non-hydrogen) atoms. The lowest BCUT2D eigenvalue weighted by molar-refractivity contribution is -0.0689. The predicted octanol–water partition coefficient (Wildman–Crippen LogP) is 2.50. The van der Waals surface area contributed by atoms with Crippen LogP contribution in [-0.4, -0.2) is 26.9 Å². The molecule has 3 rings (SSSR count). The second-order valence-electron chi connectivity index (χ2n) is 5.11. The third-order valence-corrected chi connectivity index (χ3v) is 4.85. The maximum atomic E-state index is 10.3. The van der Waals surface area contributed by atoms with Gasteiger partial charge in [0.05, 0.1) is 26.9 Å². The van der Waals surface area contributed by atoms with Gasteiger partial charge in [0.1, 0.15) is 0 Å². The van der Waals surface area contributed by atoms with Crippen LogP contribution < -0.4 is 0 Å². The van der Waals surface area contributed by atoms with Gasteiger partial charge in [-0.1, -0.05) is 25.0 Å². The number of hydrogen-bond donors (Lipinski definition) is 2. The van der Waals surface area contributed by atoms with Gasteiger partial charge in [-0.3, -0.25) is 0 Å². The number of thiazole rings is 1. The molecule has 0 amide bonds. The molecule has 0 radical (unpaired) electrons. The van der Waals surface area contributed by atoms with Gasteiger partial charge >= 0.3 is 0 Å². The molecular formula is C14H17NO2S. The van der Waals surface area contributed by atoms with Gasteiger partial charge in [0.2, 0.25) is 0 Å². The fourth-order valence-corrected chi connectivity index (χ4v) is 3.69. The Balaban J connectivity index is 1.79. The van der Waals surface area contributed by atoms with Crippen molar-refractivity contribution in [1.82, 2.24) is 4.98 Å². The number of hydrogen-bond acceptors (Lipinski definition) is 4. The van der Waals surface area contributed by atoms with Crippen LogP contribution in [0.5, 0.6) is 0 Å². The Kier molecular flexibility index (Phi) is 3.09. The highest BCUT2D eigenvalue weighted by atomic mass is 32.1.